The Kier molecular flexibility index (Phi) is 4.05. The average molecular weight is 373 g/mol. The van der Waals surface area contributed by atoms with Crippen molar-refractivity contribution in [3.05, 3.63) is 59.4 Å². The molecule has 0 saturated carbocycles. The summed E-state index contributed by atoms with van der Waals surface area (Å²) in [7, 11) is 0. The molecule has 1 aliphatic heterocycles. The molecule has 0 atom stereocenters. The van der Waals surface area contributed by atoms with Gasteiger partial charge >= 0.3 is 0 Å². The molecule has 5 nitrogen and oxygen atoms in total. The van der Waals surface area contributed by atoms with E-state index in [0.29, 0.717) is 0 Å². The molecule has 1 fully saturated rings. The molecular weight excluding hydrogens is 348 g/mol. The van der Waals surface area contributed by atoms with Crippen molar-refractivity contribution in [2.24, 2.45) is 0 Å². The first-order valence-corrected chi connectivity index (χ1v) is 9.94. The van der Waals surface area contributed by atoms with Gasteiger partial charge in [0, 0.05) is 10.9 Å². The minimum atomic E-state index is 0.790. The molecule has 1 saturated heterocycles. The number of fused-ring (bicyclic) bond motifs is 3. The van der Waals surface area contributed by atoms with Crippen LogP contribution in [0.5, 0.6) is 0 Å². The van der Waals surface area contributed by atoms with Gasteiger partial charge in [-0.1, -0.05) is 24.3 Å². The fourth-order valence-corrected chi connectivity index (χ4v) is 4.29. The third kappa shape index (κ3) is 2.74. The summed E-state index contributed by atoms with van der Waals surface area (Å²) in [6, 6.07) is 14.7. The lowest BCUT2D eigenvalue weighted by Gasteiger charge is -2.33. The minimum Gasteiger partial charge on any atom is -0.450 e. The van der Waals surface area contributed by atoms with Crippen LogP contribution in [-0.4, -0.2) is 36.1 Å². The third-order valence-electron chi connectivity index (χ3n) is 5.97. The van der Waals surface area contributed by atoms with Crippen LogP contribution >= 0.6 is 0 Å². The maximum atomic E-state index is 6.16. The number of quaternary nitrogens is 1. The van der Waals surface area contributed by atoms with Crippen LogP contribution in [-0.2, 0) is 0 Å². The monoisotopic (exact) mass is 373 g/mol. The molecule has 0 aliphatic carbocycles. The van der Waals surface area contributed by atoms with E-state index in [4.69, 9.17) is 9.40 Å². The van der Waals surface area contributed by atoms with E-state index in [0.717, 1.165) is 59.9 Å². The van der Waals surface area contributed by atoms with Crippen LogP contribution < -0.4 is 9.80 Å². The van der Waals surface area contributed by atoms with Gasteiger partial charge in [0.2, 0.25) is 0 Å². The van der Waals surface area contributed by atoms with E-state index in [-0.39, 0.29) is 0 Å². The second kappa shape index (κ2) is 6.60. The highest BCUT2D eigenvalue weighted by atomic mass is 16.3. The zero-order valence-corrected chi connectivity index (χ0v) is 16.6. The summed E-state index contributed by atoms with van der Waals surface area (Å²) in [6.45, 7) is 10.4. The summed E-state index contributed by atoms with van der Waals surface area (Å²) >= 11 is 0. The largest absolute Gasteiger partial charge is 0.450 e. The van der Waals surface area contributed by atoms with Gasteiger partial charge in [0.25, 0.3) is 0 Å². The van der Waals surface area contributed by atoms with Gasteiger partial charge in [0.05, 0.1) is 26.2 Å². The third-order valence-corrected chi connectivity index (χ3v) is 5.97. The van der Waals surface area contributed by atoms with Crippen LogP contribution in [0.1, 0.15) is 17.0 Å². The molecule has 2 aromatic heterocycles. The molecule has 142 valence electrons. The lowest BCUT2D eigenvalue weighted by molar-refractivity contribution is -0.833. The molecule has 1 N–H and O–H groups in total. The molecule has 5 heteroatoms. The lowest BCUT2D eigenvalue weighted by Crippen LogP contribution is -3.10. The van der Waals surface area contributed by atoms with Gasteiger partial charge in [0.15, 0.2) is 11.4 Å². The maximum Gasteiger partial charge on any atom is 0.196 e. The maximum absolute atomic E-state index is 6.16. The van der Waals surface area contributed by atoms with Gasteiger partial charge in [-0.25, -0.2) is 9.97 Å². The number of para-hydroxylation sites is 1. The van der Waals surface area contributed by atoms with Crippen molar-refractivity contribution in [1.29, 1.82) is 0 Å². The summed E-state index contributed by atoms with van der Waals surface area (Å²) in [5, 5.41) is 1.06. The van der Waals surface area contributed by atoms with Crippen LogP contribution in [0.2, 0.25) is 0 Å². The molecule has 5 rings (SSSR count). The van der Waals surface area contributed by atoms with Crippen molar-refractivity contribution in [3.8, 4) is 0 Å². The zero-order valence-electron chi connectivity index (χ0n) is 16.6. The van der Waals surface area contributed by atoms with E-state index in [1.807, 2.05) is 25.1 Å². The lowest BCUT2D eigenvalue weighted by atomic mass is 10.1. The van der Waals surface area contributed by atoms with E-state index < -0.39 is 0 Å². The highest BCUT2D eigenvalue weighted by Crippen LogP contribution is 2.32. The molecule has 0 radical (unpaired) electrons. The molecular formula is C23H25N4O+. The summed E-state index contributed by atoms with van der Waals surface area (Å²) < 4.78 is 6.16. The van der Waals surface area contributed by atoms with Gasteiger partial charge in [-0.3, -0.25) is 4.90 Å². The Labute approximate surface area is 164 Å². The standard InChI is InChI=1S/C23H24N4O/c1-15-7-6-9-19(16(15)2)26-11-13-27(14-12-26)23-22-21(24-17(3)25-23)18-8-4-5-10-20(18)28-22/h4-10H,11-14H2,1-3H3/p+1. The van der Waals surface area contributed by atoms with Crippen molar-refractivity contribution < 1.29 is 9.32 Å². The highest BCUT2D eigenvalue weighted by Gasteiger charge is 2.27. The topological polar surface area (TPSA) is 46.6 Å². The van der Waals surface area contributed by atoms with Gasteiger partial charge < -0.3 is 9.32 Å². The van der Waals surface area contributed by atoms with Crippen molar-refractivity contribution in [2.75, 3.05) is 31.1 Å². The Bertz CT molecular complexity index is 1170. The molecule has 0 amide bonds. The zero-order chi connectivity index (χ0) is 19.3. The highest BCUT2D eigenvalue weighted by molar-refractivity contribution is 6.05. The number of furan rings is 1. The molecule has 0 spiro atoms. The predicted octanol–water partition coefficient (Wildman–Crippen LogP) is 3.34. The fourth-order valence-electron chi connectivity index (χ4n) is 4.29. The molecule has 0 bridgehead atoms. The second-order valence-corrected chi connectivity index (χ2v) is 7.71. The number of piperazine rings is 1. The molecule has 0 unspecified atom stereocenters. The number of anilines is 1. The van der Waals surface area contributed by atoms with Gasteiger partial charge in [-0.15, -0.1) is 0 Å². The minimum absolute atomic E-state index is 0.790. The van der Waals surface area contributed by atoms with Crippen LogP contribution in [0, 0.1) is 20.8 Å². The number of nitrogens with one attached hydrogen (secondary N) is 1. The summed E-state index contributed by atoms with van der Waals surface area (Å²) in [6.07, 6.45) is 0. The number of benzene rings is 2. The fraction of sp³-hybridized carbons (Fsp3) is 0.304. The Morgan fingerprint density at radius 1 is 0.929 bits per heavy atom. The summed E-state index contributed by atoms with van der Waals surface area (Å²) in [4.78, 5) is 13.3. The van der Waals surface area contributed by atoms with Crippen LogP contribution in [0.4, 0.5) is 11.5 Å². The van der Waals surface area contributed by atoms with E-state index >= 15 is 0 Å². The number of hydrogen-bond acceptors (Lipinski definition) is 4. The Morgan fingerprint density at radius 2 is 1.71 bits per heavy atom. The quantitative estimate of drug-likeness (QED) is 0.585. The molecule has 1 aliphatic rings. The Balaban J connectivity index is 1.48. The summed E-state index contributed by atoms with van der Waals surface area (Å²) in [5.41, 5.74) is 6.79. The molecule has 28 heavy (non-hydrogen) atoms. The van der Waals surface area contributed by atoms with Crippen molar-refractivity contribution >= 4 is 33.6 Å². The molecule has 3 heterocycles. The Morgan fingerprint density at radius 3 is 2.54 bits per heavy atom. The summed E-state index contributed by atoms with van der Waals surface area (Å²) in [5.74, 6) is 1.72. The van der Waals surface area contributed by atoms with Crippen molar-refractivity contribution in [3.63, 3.8) is 0 Å². The van der Waals surface area contributed by atoms with E-state index in [1.54, 1.807) is 4.90 Å². The van der Waals surface area contributed by atoms with Crippen molar-refractivity contribution in [2.45, 2.75) is 20.8 Å². The number of aryl methyl sites for hydroxylation is 2. The smallest absolute Gasteiger partial charge is 0.196 e. The van der Waals surface area contributed by atoms with E-state index in [2.05, 4.69) is 48.0 Å². The predicted molar refractivity (Wildman–Crippen MR) is 113 cm³/mol. The van der Waals surface area contributed by atoms with Crippen LogP contribution in [0.15, 0.2) is 46.9 Å². The second-order valence-electron chi connectivity index (χ2n) is 7.71. The van der Waals surface area contributed by atoms with E-state index in [1.165, 1.54) is 16.8 Å². The van der Waals surface area contributed by atoms with E-state index in [9.17, 15) is 0 Å². The number of hydrogen-bond donors (Lipinski definition) is 1. The number of aromatic nitrogens is 2. The first-order valence-electron chi connectivity index (χ1n) is 9.94. The van der Waals surface area contributed by atoms with Crippen LogP contribution in [0.25, 0.3) is 22.1 Å². The van der Waals surface area contributed by atoms with Crippen LogP contribution in [0.3, 0.4) is 0 Å². The first-order chi connectivity index (χ1) is 13.6. The number of rotatable bonds is 2. The molecule has 4 aromatic rings. The number of nitrogens with zero attached hydrogens (tertiary/aromatic N) is 3. The normalized spacial score (nSPS) is 15.6. The first kappa shape index (κ1) is 17.2. The van der Waals surface area contributed by atoms with Crippen molar-refractivity contribution in [1.82, 2.24) is 9.97 Å². The SMILES string of the molecule is Cc1nc(N2CC[NH+](c3cccc(C)c3C)CC2)c2oc3ccccc3c2n1. The van der Waals surface area contributed by atoms with Gasteiger partial charge in [-0.05, 0) is 44.5 Å². The molecule has 2 aromatic carbocycles. The van der Waals surface area contributed by atoms with Gasteiger partial charge in [-0.2, -0.15) is 0 Å². The van der Waals surface area contributed by atoms with Gasteiger partial charge in [0.1, 0.15) is 22.6 Å². The Hall–Kier alpha value is -2.92. The average Bonchev–Trinajstić information content (AvgIpc) is 3.08.